The molecule has 3 heteroatoms. The van der Waals surface area contributed by atoms with Crippen LogP contribution >= 0.6 is 11.6 Å². The molecule has 1 heterocycles. The van der Waals surface area contributed by atoms with Gasteiger partial charge in [-0.05, 0) is 63.5 Å². The Bertz CT molecular complexity index is 363. The third-order valence-electron chi connectivity index (χ3n) is 3.80. The van der Waals surface area contributed by atoms with Crippen molar-refractivity contribution in [2.45, 2.75) is 25.8 Å². The van der Waals surface area contributed by atoms with Gasteiger partial charge in [0.05, 0.1) is 0 Å². The van der Waals surface area contributed by atoms with E-state index in [9.17, 15) is 0 Å². The zero-order valence-electron chi connectivity index (χ0n) is 11.3. The Balaban J connectivity index is 1.80. The second-order valence-electron chi connectivity index (χ2n) is 5.45. The fourth-order valence-corrected chi connectivity index (χ4v) is 2.78. The number of nitrogens with zero attached hydrogens (tertiary/aromatic N) is 1. The summed E-state index contributed by atoms with van der Waals surface area (Å²) in [6.07, 6.45) is 2.68. The summed E-state index contributed by atoms with van der Waals surface area (Å²) in [6.45, 7) is 5.80. The van der Waals surface area contributed by atoms with E-state index < -0.39 is 0 Å². The Morgan fingerprint density at radius 1 is 1.39 bits per heavy atom. The highest BCUT2D eigenvalue weighted by molar-refractivity contribution is 6.30. The lowest BCUT2D eigenvalue weighted by molar-refractivity contribution is 0.203. The van der Waals surface area contributed by atoms with Gasteiger partial charge >= 0.3 is 0 Å². The number of likely N-dealkylation sites (tertiary alicyclic amines) is 1. The van der Waals surface area contributed by atoms with Crippen molar-refractivity contribution in [1.82, 2.24) is 10.2 Å². The molecule has 0 spiro atoms. The molecule has 1 fully saturated rings. The number of rotatable bonds is 4. The Morgan fingerprint density at radius 2 is 2.11 bits per heavy atom. The Morgan fingerprint density at radius 3 is 2.78 bits per heavy atom. The van der Waals surface area contributed by atoms with E-state index in [2.05, 4.69) is 36.3 Å². The molecule has 1 N–H and O–H groups in total. The molecular weight excluding hydrogens is 244 g/mol. The van der Waals surface area contributed by atoms with Crippen LogP contribution in [-0.4, -0.2) is 31.6 Å². The molecule has 0 saturated carbocycles. The number of nitrogens with one attached hydrogen (secondary N) is 1. The van der Waals surface area contributed by atoms with Crippen LogP contribution in [0.5, 0.6) is 0 Å². The topological polar surface area (TPSA) is 15.3 Å². The van der Waals surface area contributed by atoms with Gasteiger partial charge in [-0.2, -0.15) is 0 Å². The average Bonchev–Trinajstić information content (AvgIpc) is 2.37. The van der Waals surface area contributed by atoms with Crippen LogP contribution in [0.4, 0.5) is 0 Å². The molecule has 2 rings (SSSR count). The monoisotopic (exact) mass is 266 g/mol. The summed E-state index contributed by atoms with van der Waals surface area (Å²) in [5, 5.41) is 4.44. The SMILES string of the molecule is CC(NCC1CCCN(C)C1)c1ccc(Cl)cc1. The van der Waals surface area contributed by atoms with E-state index in [1.165, 1.54) is 31.5 Å². The van der Waals surface area contributed by atoms with Crippen molar-refractivity contribution in [3.63, 3.8) is 0 Å². The van der Waals surface area contributed by atoms with Crippen LogP contribution in [0.1, 0.15) is 31.4 Å². The maximum absolute atomic E-state index is 5.91. The number of piperidine rings is 1. The lowest BCUT2D eigenvalue weighted by Gasteiger charge is -2.30. The third kappa shape index (κ3) is 3.98. The fourth-order valence-electron chi connectivity index (χ4n) is 2.65. The highest BCUT2D eigenvalue weighted by atomic mass is 35.5. The lowest BCUT2D eigenvalue weighted by Crippen LogP contribution is -2.37. The first kappa shape index (κ1) is 13.9. The van der Waals surface area contributed by atoms with Crippen molar-refractivity contribution in [2.24, 2.45) is 5.92 Å². The molecule has 2 nitrogen and oxygen atoms in total. The smallest absolute Gasteiger partial charge is 0.0406 e. The van der Waals surface area contributed by atoms with Crippen LogP contribution < -0.4 is 5.32 Å². The van der Waals surface area contributed by atoms with Gasteiger partial charge in [-0.3, -0.25) is 0 Å². The van der Waals surface area contributed by atoms with Crippen molar-refractivity contribution in [2.75, 3.05) is 26.7 Å². The van der Waals surface area contributed by atoms with E-state index in [1.54, 1.807) is 0 Å². The number of hydrogen-bond donors (Lipinski definition) is 1. The van der Waals surface area contributed by atoms with Gasteiger partial charge < -0.3 is 10.2 Å². The highest BCUT2D eigenvalue weighted by Gasteiger charge is 2.17. The summed E-state index contributed by atoms with van der Waals surface area (Å²) in [6, 6.07) is 8.53. The van der Waals surface area contributed by atoms with Gasteiger partial charge in [0.25, 0.3) is 0 Å². The summed E-state index contributed by atoms with van der Waals surface area (Å²) in [4.78, 5) is 2.43. The van der Waals surface area contributed by atoms with Crippen LogP contribution in [0.3, 0.4) is 0 Å². The van der Waals surface area contributed by atoms with Gasteiger partial charge in [0.1, 0.15) is 0 Å². The first-order valence-electron chi connectivity index (χ1n) is 6.82. The van der Waals surface area contributed by atoms with Gasteiger partial charge in [-0.25, -0.2) is 0 Å². The van der Waals surface area contributed by atoms with Crippen LogP contribution in [-0.2, 0) is 0 Å². The quantitative estimate of drug-likeness (QED) is 0.899. The minimum atomic E-state index is 0.398. The van der Waals surface area contributed by atoms with E-state index in [1.807, 2.05) is 12.1 Å². The molecule has 2 unspecified atom stereocenters. The minimum Gasteiger partial charge on any atom is -0.310 e. The maximum Gasteiger partial charge on any atom is 0.0406 e. The molecule has 1 saturated heterocycles. The largest absolute Gasteiger partial charge is 0.310 e. The Hall–Kier alpha value is -0.570. The molecule has 0 aromatic heterocycles. The van der Waals surface area contributed by atoms with Crippen molar-refractivity contribution in [3.8, 4) is 0 Å². The predicted molar refractivity (Wildman–Crippen MR) is 78.1 cm³/mol. The molecule has 100 valence electrons. The van der Waals surface area contributed by atoms with Crippen LogP contribution in [0, 0.1) is 5.92 Å². The lowest BCUT2D eigenvalue weighted by atomic mass is 9.98. The van der Waals surface area contributed by atoms with Crippen molar-refractivity contribution in [3.05, 3.63) is 34.9 Å². The summed E-state index contributed by atoms with van der Waals surface area (Å²) >= 11 is 5.91. The Kier molecular flexibility index (Phi) is 5.04. The van der Waals surface area contributed by atoms with Gasteiger partial charge in [0.15, 0.2) is 0 Å². The van der Waals surface area contributed by atoms with Crippen LogP contribution in [0.25, 0.3) is 0 Å². The van der Waals surface area contributed by atoms with Crippen molar-refractivity contribution >= 4 is 11.6 Å². The number of halogens is 1. The molecule has 1 aromatic carbocycles. The summed E-state index contributed by atoms with van der Waals surface area (Å²) in [5.41, 5.74) is 1.31. The van der Waals surface area contributed by atoms with E-state index in [0.717, 1.165) is 17.5 Å². The molecule has 0 aliphatic carbocycles. The zero-order valence-corrected chi connectivity index (χ0v) is 12.1. The second-order valence-corrected chi connectivity index (χ2v) is 5.89. The second kappa shape index (κ2) is 6.55. The molecule has 1 aliphatic heterocycles. The fraction of sp³-hybridized carbons (Fsp3) is 0.600. The van der Waals surface area contributed by atoms with Gasteiger partial charge in [-0.1, -0.05) is 23.7 Å². The highest BCUT2D eigenvalue weighted by Crippen LogP contribution is 2.18. The van der Waals surface area contributed by atoms with Crippen LogP contribution in [0.2, 0.25) is 5.02 Å². The normalized spacial score (nSPS) is 22.9. The number of benzene rings is 1. The summed E-state index contributed by atoms with van der Waals surface area (Å²) in [5.74, 6) is 0.790. The van der Waals surface area contributed by atoms with E-state index in [-0.39, 0.29) is 0 Å². The molecule has 0 amide bonds. The van der Waals surface area contributed by atoms with Gasteiger partial charge in [0.2, 0.25) is 0 Å². The number of hydrogen-bond acceptors (Lipinski definition) is 2. The molecule has 18 heavy (non-hydrogen) atoms. The summed E-state index contributed by atoms with van der Waals surface area (Å²) in [7, 11) is 2.22. The van der Waals surface area contributed by atoms with Crippen molar-refractivity contribution < 1.29 is 0 Å². The first-order chi connectivity index (χ1) is 8.65. The first-order valence-corrected chi connectivity index (χ1v) is 7.20. The van der Waals surface area contributed by atoms with Gasteiger partial charge in [0, 0.05) is 17.6 Å². The predicted octanol–water partition coefficient (Wildman–Crippen LogP) is 3.33. The standard InChI is InChI=1S/C15H23ClN2/c1-12(14-5-7-15(16)8-6-14)17-10-13-4-3-9-18(2)11-13/h5-8,12-13,17H,3-4,9-11H2,1-2H3. The summed E-state index contributed by atoms with van der Waals surface area (Å²) < 4.78 is 0. The van der Waals surface area contributed by atoms with Crippen LogP contribution in [0.15, 0.2) is 24.3 Å². The van der Waals surface area contributed by atoms with E-state index in [0.29, 0.717) is 6.04 Å². The molecule has 2 atom stereocenters. The zero-order chi connectivity index (χ0) is 13.0. The molecule has 0 bridgehead atoms. The minimum absolute atomic E-state index is 0.398. The van der Waals surface area contributed by atoms with Gasteiger partial charge in [-0.15, -0.1) is 0 Å². The third-order valence-corrected chi connectivity index (χ3v) is 4.06. The van der Waals surface area contributed by atoms with E-state index in [4.69, 9.17) is 11.6 Å². The molecular formula is C15H23ClN2. The Labute approximate surface area is 115 Å². The average molecular weight is 267 g/mol. The molecule has 1 aliphatic rings. The maximum atomic E-state index is 5.91. The molecule has 1 aromatic rings. The van der Waals surface area contributed by atoms with E-state index >= 15 is 0 Å². The van der Waals surface area contributed by atoms with Crippen molar-refractivity contribution in [1.29, 1.82) is 0 Å². The molecule has 0 radical (unpaired) electrons.